The van der Waals surface area contributed by atoms with Crippen molar-refractivity contribution in [2.45, 2.75) is 38.4 Å². The summed E-state index contributed by atoms with van der Waals surface area (Å²) in [6, 6.07) is 22.6. The third-order valence-electron chi connectivity index (χ3n) is 8.84. The number of pyridine rings is 1. The number of fused-ring (bicyclic) bond motifs is 2. The standard InChI is InChI=1S/C35H40N6O2/c36-35-32(19-31(39-40-35)30-8-4-5-9-33(30)42-23-24-6-2-1-3-7-24)41-21-25-16-26(22-41)18-28(17-25)27-10-11-34(38-20-27)43-29-12-14-37-15-13-29/h1-11,17,19-20,25-26,29,37,39-40H,12-16,18,21-23,36H2. The smallest absolute Gasteiger partial charge is 0.213 e. The lowest BCUT2D eigenvalue weighted by atomic mass is 9.77. The van der Waals surface area contributed by atoms with Gasteiger partial charge in [0.1, 0.15) is 24.3 Å². The van der Waals surface area contributed by atoms with Crippen LogP contribution >= 0.6 is 0 Å². The van der Waals surface area contributed by atoms with E-state index in [1.807, 2.05) is 48.7 Å². The normalized spacial score (nSPS) is 22.2. The van der Waals surface area contributed by atoms with Crippen molar-refractivity contribution in [2.24, 2.45) is 17.6 Å². The third-order valence-corrected chi connectivity index (χ3v) is 8.84. The molecule has 2 fully saturated rings. The van der Waals surface area contributed by atoms with Crippen LogP contribution in [0, 0.1) is 11.8 Å². The van der Waals surface area contributed by atoms with Gasteiger partial charge in [-0.2, -0.15) is 0 Å². The van der Waals surface area contributed by atoms with Crippen molar-refractivity contribution in [1.82, 2.24) is 26.1 Å². The molecule has 4 aliphatic rings. The van der Waals surface area contributed by atoms with Crippen molar-refractivity contribution in [1.29, 1.82) is 0 Å². The monoisotopic (exact) mass is 576 g/mol. The fourth-order valence-corrected chi connectivity index (χ4v) is 6.72. The second-order valence-electron chi connectivity index (χ2n) is 12.0. The van der Waals surface area contributed by atoms with Crippen LogP contribution in [0.15, 0.2) is 96.6 Å². The molecule has 2 unspecified atom stereocenters. The molecule has 8 heteroatoms. The first-order chi connectivity index (χ1) is 21.2. The topological polar surface area (TPSA) is 96.7 Å². The molecule has 7 rings (SSSR count). The van der Waals surface area contributed by atoms with Crippen LogP contribution in [0.5, 0.6) is 11.6 Å². The van der Waals surface area contributed by atoms with Gasteiger partial charge in [-0.1, -0.05) is 48.5 Å². The molecule has 2 bridgehead atoms. The summed E-state index contributed by atoms with van der Waals surface area (Å²) in [5, 5.41) is 3.38. The zero-order valence-electron chi connectivity index (χ0n) is 24.5. The Morgan fingerprint density at radius 3 is 2.58 bits per heavy atom. The van der Waals surface area contributed by atoms with Crippen LogP contribution in [0.1, 0.15) is 42.4 Å². The summed E-state index contributed by atoms with van der Waals surface area (Å²) >= 11 is 0. The van der Waals surface area contributed by atoms with E-state index in [9.17, 15) is 0 Å². The highest BCUT2D eigenvalue weighted by molar-refractivity contribution is 5.72. The van der Waals surface area contributed by atoms with E-state index in [2.05, 4.69) is 62.5 Å². The van der Waals surface area contributed by atoms with Crippen LogP contribution in [0.3, 0.4) is 0 Å². The number of nitrogens with two attached hydrogens (primary N) is 1. The Bertz CT molecular complexity index is 1510. The number of rotatable bonds is 8. The molecule has 1 aliphatic carbocycles. The van der Waals surface area contributed by atoms with Crippen LogP contribution < -0.4 is 31.4 Å². The number of ether oxygens (including phenoxy) is 2. The van der Waals surface area contributed by atoms with Gasteiger partial charge in [-0.3, -0.25) is 10.9 Å². The van der Waals surface area contributed by atoms with Crippen molar-refractivity contribution in [3.05, 3.63) is 113 Å². The predicted octanol–water partition coefficient (Wildman–Crippen LogP) is 4.79. The van der Waals surface area contributed by atoms with Gasteiger partial charge in [0.15, 0.2) is 0 Å². The van der Waals surface area contributed by atoms with Crippen molar-refractivity contribution in [3.8, 4) is 11.6 Å². The van der Waals surface area contributed by atoms with Crippen LogP contribution in [0.4, 0.5) is 0 Å². The average molecular weight is 577 g/mol. The maximum Gasteiger partial charge on any atom is 0.213 e. The molecule has 43 heavy (non-hydrogen) atoms. The van der Waals surface area contributed by atoms with E-state index >= 15 is 0 Å². The van der Waals surface area contributed by atoms with E-state index in [0.29, 0.717) is 24.3 Å². The number of hydrogen-bond donors (Lipinski definition) is 4. The number of nitrogens with one attached hydrogen (secondary N) is 3. The highest BCUT2D eigenvalue weighted by Gasteiger charge is 2.33. The van der Waals surface area contributed by atoms with Gasteiger partial charge in [0.25, 0.3) is 0 Å². The molecule has 1 aromatic heterocycles. The van der Waals surface area contributed by atoms with Crippen LogP contribution in [-0.2, 0) is 6.61 Å². The number of likely N-dealkylation sites (tertiary alicyclic amines) is 1. The van der Waals surface area contributed by atoms with Crippen LogP contribution in [0.2, 0.25) is 0 Å². The number of hydrazine groups is 1. The maximum atomic E-state index is 6.52. The zero-order chi connectivity index (χ0) is 29.0. The predicted molar refractivity (Wildman–Crippen MR) is 169 cm³/mol. The molecule has 0 saturated carbocycles. The van der Waals surface area contributed by atoms with E-state index in [4.69, 9.17) is 15.2 Å². The van der Waals surface area contributed by atoms with Gasteiger partial charge in [-0.25, -0.2) is 4.98 Å². The molecule has 222 valence electrons. The largest absolute Gasteiger partial charge is 0.488 e. The second kappa shape index (κ2) is 12.4. The van der Waals surface area contributed by atoms with Gasteiger partial charge in [0, 0.05) is 30.9 Å². The molecule has 8 nitrogen and oxygen atoms in total. The van der Waals surface area contributed by atoms with E-state index in [1.54, 1.807) is 0 Å². The van der Waals surface area contributed by atoms with E-state index in [-0.39, 0.29) is 6.10 Å². The summed E-state index contributed by atoms with van der Waals surface area (Å²) in [5.41, 5.74) is 19.7. The third kappa shape index (κ3) is 6.34. The lowest BCUT2D eigenvalue weighted by Crippen LogP contribution is -2.46. The highest BCUT2D eigenvalue weighted by Crippen LogP contribution is 2.40. The summed E-state index contributed by atoms with van der Waals surface area (Å²) in [7, 11) is 0. The first-order valence-corrected chi connectivity index (χ1v) is 15.5. The summed E-state index contributed by atoms with van der Waals surface area (Å²) in [6.07, 6.45) is 11.2. The van der Waals surface area contributed by atoms with Crippen LogP contribution in [-0.4, -0.2) is 42.2 Å². The molecule has 4 heterocycles. The van der Waals surface area contributed by atoms with Gasteiger partial charge < -0.3 is 25.4 Å². The molecule has 2 atom stereocenters. The highest BCUT2D eigenvalue weighted by atomic mass is 16.5. The van der Waals surface area contributed by atoms with Crippen molar-refractivity contribution < 1.29 is 9.47 Å². The SMILES string of the molecule is NC1=C(N2CC3C=C(c4ccc(OC5CCNCC5)nc4)CC(C3)C2)C=C(c2ccccc2OCc2ccccc2)NN1. The number of aromatic nitrogens is 1. The minimum absolute atomic E-state index is 0.259. The number of piperidine rings is 2. The minimum Gasteiger partial charge on any atom is -0.488 e. The minimum atomic E-state index is 0.259. The molecule has 2 aromatic carbocycles. The van der Waals surface area contributed by atoms with E-state index in [1.165, 1.54) is 17.6 Å². The molecule has 0 radical (unpaired) electrons. The molecule has 2 saturated heterocycles. The second-order valence-corrected chi connectivity index (χ2v) is 12.0. The Morgan fingerprint density at radius 2 is 1.77 bits per heavy atom. The van der Waals surface area contributed by atoms with Gasteiger partial charge in [-0.15, -0.1) is 0 Å². The Morgan fingerprint density at radius 1 is 0.930 bits per heavy atom. The summed E-state index contributed by atoms with van der Waals surface area (Å²) in [5.74, 6) is 3.22. The van der Waals surface area contributed by atoms with Crippen molar-refractivity contribution in [3.63, 3.8) is 0 Å². The fourth-order valence-electron chi connectivity index (χ4n) is 6.72. The summed E-state index contributed by atoms with van der Waals surface area (Å²) in [4.78, 5) is 7.11. The van der Waals surface area contributed by atoms with Crippen LogP contribution in [0.25, 0.3) is 11.3 Å². The first kappa shape index (κ1) is 27.4. The number of benzene rings is 2. The molecule has 0 amide bonds. The number of para-hydroxylation sites is 1. The first-order valence-electron chi connectivity index (χ1n) is 15.5. The van der Waals surface area contributed by atoms with Gasteiger partial charge >= 0.3 is 0 Å². The number of hydrogen-bond acceptors (Lipinski definition) is 8. The maximum absolute atomic E-state index is 6.52. The van der Waals surface area contributed by atoms with E-state index < -0.39 is 0 Å². The van der Waals surface area contributed by atoms with Crippen molar-refractivity contribution in [2.75, 3.05) is 26.2 Å². The molecule has 5 N–H and O–H groups in total. The average Bonchev–Trinajstić information content (AvgIpc) is 3.05. The lowest BCUT2D eigenvalue weighted by Gasteiger charge is -2.43. The lowest BCUT2D eigenvalue weighted by molar-refractivity contribution is 0.156. The quantitative estimate of drug-likeness (QED) is 0.304. The summed E-state index contributed by atoms with van der Waals surface area (Å²) < 4.78 is 12.4. The molecule has 3 aromatic rings. The number of nitrogens with zero attached hydrogens (tertiary/aromatic N) is 2. The van der Waals surface area contributed by atoms with E-state index in [0.717, 1.165) is 79.6 Å². The van der Waals surface area contributed by atoms with Gasteiger partial charge in [-0.05, 0) is 91.6 Å². The van der Waals surface area contributed by atoms with Crippen molar-refractivity contribution >= 4 is 11.3 Å². The Kier molecular flexibility index (Phi) is 7.92. The molecular formula is C35H40N6O2. The molecule has 0 spiro atoms. The Labute approximate surface area is 253 Å². The Balaban J connectivity index is 1.04. The summed E-state index contributed by atoms with van der Waals surface area (Å²) in [6.45, 7) is 4.43. The zero-order valence-corrected chi connectivity index (χ0v) is 24.5. The molecular weight excluding hydrogens is 536 g/mol. The molecule has 3 aliphatic heterocycles. The fraction of sp³-hybridized carbons (Fsp3) is 0.343. The number of allylic oxidation sites excluding steroid dienone is 2. The Hall–Kier alpha value is -4.43. The van der Waals surface area contributed by atoms with Gasteiger partial charge in [0.05, 0.1) is 11.4 Å². The van der Waals surface area contributed by atoms with Gasteiger partial charge in [0.2, 0.25) is 5.88 Å².